The highest BCUT2D eigenvalue weighted by Gasteiger charge is 2.10. The van der Waals surface area contributed by atoms with Gasteiger partial charge in [-0.1, -0.05) is 37.3 Å². The molecule has 0 saturated carbocycles. The molecular weight excluding hydrogens is 402 g/mol. The number of carbonyl (C=O) groups excluding carboxylic acids is 3. The lowest BCUT2D eigenvalue weighted by Crippen LogP contribution is -2.34. The average molecular weight is 428 g/mol. The normalized spacial score (nSPS) is 10.0. The fraction of sp³-hybridized carbons (Fsp3) is 0.273. The highest BCUT2D eigenvalue weighted by Crippen LogP contribution is 2.13. The van der Waals surface area contributed by atoms with Crippen molar-refractivity contribution >= 4 is 46.5 Å². The number of anilines is 2. The van der Waals surface area contributed by atoms with Crippen molar-refractivity contribution in [2.45, 2.75) is 32.6 Å². The van der Waals surface area contributed by atoms with Gasteiger partial charge in [-0.2, -0.15) is 0 Å². The number of thiocarbonyl (C=S) groups is 1. The second-order valence-corrected chi connectivity index (χ2v) is 6.85. The van der Waals surface area contributed by atoms with Gasteiger partial charge in [0.15, 0.2) is 5.11 Å². The Hall–Kier alpha value is -3.26. The minimum absolute atomic E-state index is 0.0188. The summed E-state index contributed by atoms with van der Waals surface area (Å²) >= 11 is 5.11. The van der Waals surface area contributed by atoms with Crippen LogP contribution >= 0.6 is 12.2 Å². The Bertz CT molecular complexity index is 870. The summed E-state index contributed by atoms with van der Waals surface area (Å²) in [6, 6.07) is 16.6. The fourth-order valence-electron chi connectivity index (χ4n) is 2.45. The molecule has 0 spiro atoms. The van der Waals surface area contributed by atoms with Gasteiger partial charge in [0, 0.05) is 30.6 Å². The van der Waals surface area contributed by atoms with Crippen LogP contribution in [0.5, 0.6) is 0 Å². The third-order valence-corrected chi connectivity index (χ3v) is 4.26. The first kappa shape index (κ1) is 23.0. The summed E-state index contributed by atoms with van der Waals surface area (Å²) in [5.74, 6) is -0.874. The minimum atomic E-state index is -0.426. The number of hydrogen-bond donors (Lipinski definition) is 3. The van der Waals surface area contributed by atoms with Crippen molar-refractivity contribution in [2.75, 3.05) is 17.2 Å². The molecule has 2 rings (SSSR count). The van der Waals surface area contributed by atoms with Gasteiger partial charge < -0.3 is 20.7 Å². The first-order chi connectivity index (χ1) is 14.5. The molecule has 2 aromatic rings. The zero-order valence-electron chi connectivity index (χ0n) is 16.8. The van der Waals surface area contributed by atoms with Crippen LogP contribution in [-0.2, 0) is 25.5 Å². The number of nitrogens with one attached hydrogen (secondary N) is 3. The van der Waals surface area contributed by atoms with Crippen LogP contribution in [0, 0.1) is 0 Å². The Morgan fingerprint density at radius 1 is 0.867 bits per heavy atom. The van der Waals surface area contributed by atoms with E-state index in [1.54, 1.807) is 31.2 Å². The Morgan fingerprint density at radius 2 is 1.50 bits per heavy atom. The van der Waals surface area contributed by atoms with E-state index in [0.717, 1.165) is 5.56 Å². The molecule has 8 heteroatoms. The van der Waals surface area contributed by atoms with Crippen LogP contribution in [-0.4, -0.2) is 29.5 Å². The number of hydrogen-bond acceptors (Lipinski definition) is 5. The second-order valence-electron chi connectivity index (χ2n) is 6.44. The van der Waals surface area contributed by atoms with E-state index in [9.17, 15) is 14.4 Å². The first-order valence-corrected chi connectivity index (χ1v) is 10.1. The minimum Gasteiger partial charge on any atom is -0.465 e. The number of amides is 2. The molecule has 7 nitrogen and oxygen atoms in total. The number of ether oxygens (including phenoxy) is 1. The topological polar surface area (TPSA) is 96.5 Å². The lowest BCUT2D eigenvalue weighted by molar-refractivity contribution is -0.144. The molecule has 0 bridgehead atoms. The Morgan fingerprint density at radius 3 is 2.13 bits per heavy atom. The quantitative estimate of drug-likeness (QED) is 0.419. The van der Waals surface area contributed by atoms with Crippen LogP contribution in [0.2, 0.25) is 0 Å². The van der Waals surface area contributed by atoms with Gasteiger partial charge in [0.1, 0.15) is 0 Å². The van der Waals surface area contributed by atoms with Gasteiger partial charge in [-0.05, 0) is 42.0 Å². The van der Waals surface area contributed by atoms with Crippen LogP contribution in [0.3, 0.4) is 0 Å². The molecule has 3 N–H and O–H groups in total. The van der Waals surface area contributed by atoms with Crippen LogP contribution in [0.1, 0.15) is 31.7 Å². The molecule has 30 heavy (non-hydrogen) atoms. The maximum absolute atomic E-state index is 12.0. The Labute approximate surface area is 181 Å². The van der Waals surface area contributed by atoms with E-state index < -0.39 is 5.97 Å². The van der Waals surface area contributed by atoms with Gasteiger partial charge in [-0.25, -0.2) is 0 Å². The van der Waals surface area contributed by atoms with Gasteiger partial charge in [-0.15, -0.1) is 0 Å². The van der Waals surface area contributed by atoms with Gasteiger partial charge in [0.05, 0.1) is 13.0 Å². The highest BCUT2D eigenvalue weighted by atomic mass is 32.1. The van der Waals surface area contributed by atoms with Crippen molar-refractivity contribution in [3.63, 3.8) is 0 Å². The summed E-state index contributed by atoms with van der Waals surface area (Å²) in [5.41, 5.74) is 2.42. The number of benzene rings is 2. The molecule has 2 aromatic carbocycles. The van der Waals surface area contributed by atoms with E-state index in [1.165, 1.54) is 0 Å². The van der Waals surface area contributed by atoms with Crippen molar-refractivity contribution in [1.29, 1.82) is 0 Å². The smallest absolute Gasteiger partial charge is 0.306 e. The highest BCUT2D eigenvalue weighted by molar-refractivity contribution is 7.80. The molecule has 158 valence electrons. The van der Waals surface area contributed by atoms with Crippen molar-refractivity contribution < 1.29 is 19.1 Å². The van der Waals surface area contributed by atoms with Gasteiger partial charge in [-0.3, -0.25) is 14.4 Å². The standard InChI is InChI=1S/C22H25N3O4S/c1-2-19(26)23-17-8-10-18(11-9-17)24-22(30)25-20(27)12-13-21(28)29-15-14-16-6-4-3-5-7-16/h3-11H,2,12-15H2,1H3,(H,23,26)(H2,24,25,27,30). The molecular formula is C22H25N3O4S. The van der Waals surface area contributed by atoms with E-state index >= 15 is 0 Å². The zero-order chi connectivity index (χ0) is 21.8. The van der Waals surface area contributed by atoms with E-state index in [0.29, 0.717) is 24.2 Å². The van der Waals surface area contributed by atoms with Crippen LogP contribution in [0.4, 0.5) is 11.4 Å². The summed E-state index contributed by atoms with van der Waals surface area (Å²) in [6.45, 7) is 2.05. The summed E-state index contributed by atoms with van der Waals surface area (Å²) in [7, 11) is 0. The third-order valence-electron chi connectivity index (χ3n) is 4.05. The summed E-state index contributed by atoms with van der Waals surface area (Å²) < 4.78 is 5.15. The van der Waals surface area contributed by atoms with Crippen LogP contribution < -0.4 is 16.0 Å². The van der Waals surface area contributed by atoms with E-state index in [4.69, 9.17) is 17.0 Å². The summed E-state index contributed by atoms with van der Waals surface area (Å²) in [4.78, 5) is 35.1. The van der Waals surface area contributed by atoms with E-state index in [-0.39, 0.29) is 36.4 Å². The molecule has 0 heterocycles. The number of carbonyl (C=O) groups is 3. The maximum Gasteiger partial charge on any atom is 0.306 e. The number of esters is 1. The molecule has 0 aliphatic carbocycles. The van der Waals surface area contributed by atoms with Crippen LogP contribution in [0.25, 0.3) is 0 Å². The summed E-state index contributed by atoms with van der Waals surface area (Å²) in [6.07, 6.45) is 0.993. The van der Waals surface area contributed by atoms with Crippen molar-refractivity contribution in [3.8, 4) is 0 Å². The predicted molar refractivity (Wildman–Crippen MR) is 120 cm³/mol. The Balaban J connectivity index is 1.64. The predicted octanol–water partition coefficient (Wildman–Crippen LogP) is 3.41. The van der Waals surface area contributed by atoms with Crippen molar-refractivity contribution in [3.05, 3.63) is 60.2 Å². The largest absolute Gasteiger partial charge is 0.465 e. The summed E-state index contributed by atoms with van der Waals surface area (Å²) in [5, 5.41) is 8.27. The zero-order valence-corrected chi connectivity index (χ0v) is 17.6. The lowest BCUT2D eigenvalue weighted by atomic mass is 10.2. The number of rotatable bonds is 9. The Kier molecular flexibility index (Phi) is 9.47. The molecule has 2 amide bonds. The molecule has 0 atom stereocenters. The van der Waals surface area contributed by atoms with Crippen LogP contribution in [0.15, 0.2) is 54.6 Å². The lowest BCUT2D eigenvalue weighted by Gasteiger charge is -2.10. The van der Waals surface area contributed by atoms with Gasteiger partial charge in [0.25, 0.3) is 0 Å². The van der Waals surface area contributed by atoms with E-state index in [1.807, 2.05) is 30.3 Å². The fourth-order valence-corrected chi connectivity index (χ4v) is 2.68. The molecule has 0 unspecified atom stereocenters. The van der Waals surface area contributed by atoms with Gasteiger partial charge in [0.2, 0.25) is 11.8 Å². The average Bonchev–Trinajstić information content (AvgIpc) is 2.74. The molecule has 0 saturated heterocycles. The van der Waals surface area contributed by atoms with Crippen molar-refractivity contribution in [1.82, 2.24) is 5.32 Å². The maximum atomic E-state index is 12.0. The molecule has 0 aliphatic heterocycles. The third kappa shape index (κ3) is 8.83. The monoisotopic (exact) mass is 427 g/mol. The van der Waals surface area contributed by atoms with Gasteiger partial charge >= 0.3 is 5.97 Å². The SMILES string of the molecule is CCC(=O)Nc1ccc(NC(=S)NC(=O)CCC(=O)OCCc2ccccc2)cc1. The van der Waals surface area contributed by atoms with Crippen molar-refractivity contribution in [2.24, 2.45) is 0 Å². The first-order valence-electron chi connectivity index (χ1n) is 9.66. The molecule has 0 fully saturated rings. The molecule has 0 aromatic heterocycles. The molecule has 0 radical (unpaired) electrons. The van der Waals surface area contributed by atoms with E-state index in [2.05, 4.69) is 16.0 Å². The second kappa shape index (κ2) is 12.3. The molecule has 0 aliphatic rings.